The number of amidine groups is 1. The van der Waals surface area contributed by atoms with Crippen LogP contribution in [0.4, 0.5) is 11.4 Å². The first kappa shape index (κ1) is 23.6. The van der Waals surface area contributed by atoms with Gasteiger partial charge in [-0.25, -0.2) is 8.42 Å². The molecule has 2 aliphatic heterocycles. The molecule has 1 aromatic carbocycles. The zero-order valence-corrected chi connectivity index (χ0v) is 21.1. The fraction of sp³-hybridized carbons (Fsp3) is 0.667. The van der Waals surface area contributed by atoms with Crippen molar-refractivity contribution >= 4 is 44.0 Å². The number of hydrogen-bond acceptors (Lipinski definition) is 5. The second-order valence-electron chi connectivity index (χ2n) is 9.29. The molecule has 1 saturated carbocycles. The van der Waals surface area contributed by atoms with Crippen LogP contribution in [-0.2, 0) is 14.6 Å². The van der Waals surface area contributed by atoms with Gasteiger partial charge in [0, 0.05) is 36.1 Å². The van der Waals surface area contributed by atoms with E-state index in [-0.39, 0.29) is 28.7 Å². The SMILES string of the molecule is CCN(CC)c1ccc(N2C(=NC(=O)CCC3CCCC3)S[C@@H]3CS(=O)(=O)C[C@@H]32)c(C)c1. The van der Waals surface area contributed by atoms with Crippen molar-refractivity contribution in [1.82, 2.24) is 0 Å². The third kappa shape index (κ3) is 5.01. The van der Waals surface area contributed by atoms with Crippen molar-refractivity contribution in [2.75, 3.05) is 34.4 Å². The number of carbonyl (C=O) groups is 1. The number of rotatable bonds is 7. The van der Waals surface area contributed by atoms with Crippen molar-refractivity contribution in [3.05, 3.63) is 23.8 Å². The summed E-state index contributed by atoms with van der Waals surface area (Å²) in [5, 5.41) is 0.605. The molecule has 0 unspecified atom stereocenters. The van der Waals surface area contributed by atoms with Crippen molar-refractivity contribution in [2.45, 2.75) is 70.6 Å². The first-order valence-corrected chi connectivity index (χ1v) is 14.6. The predicted octanol–water partition coefficient (Wildman–Crippen LogP) is 4.41. The molecule has 8 heteroatoms. The molecule has 3 fully saturated rings. The van der Waals surface area contributed by atoms with E-state index in [0.717, 1.165) is 36.4 Å². The summed E-state index contributed by atoms with van der Waals surface area (Å²) in [6, 6.07) is 6.15. The van der Waals surface area contributed by atoms with Gasteiger partial charge in [-0.3, -0.25) is 4.79 Å². The molecule has 6 nitrogen and oxygen atoms in total. The third-order valence-corrected chi connectivity index (χ3v) is 10.3. The van der Waals surface area contributed by atoms with Gasteiger partial charge in [-0.2, -0.15) is 4.99 Å². The Kier molecular flexibility index (Phi) is 7.20. The summed E-state index contributed by atoms with van der Waals surface area (Å²) in [5.74, 6) is 0.859. The summed E-state index contributed by atoms with van der Waals surface area (Å²) in [6.45, 7) is 8.20. The minimum absolute atomic E-state index is 0.0664. The predicted molar refractivity (Wildman–Crippen MR) is 135 cm³/mol. The number of fused-ring (bicyclic) bond motifs is 1. The Morgan fingerprint density at radius 1 is 1.19 bits per heavy atom. The monoisotopic (exact) mass is 477 g/mol. The van der Waals surface area contributed by atoms with Gasteiger partial charge in [0.15, 0.2) is 15.0 Å². The average molecular weight is 478 g/mol. The van der Waals surface area contributed by atoms with E-state index in [4.69, 9.17) is 0 Å². The maximum Gasteiger partial charge on any atom is 0.248 e. The molecule has 2 atom stereocenters. The largest absolute Gasteiger partial charge is 0.372 e. The van der Waals surface area contributed by atoms with Crippen molar-refractivity contribution < 1.29 is 13.2 Å². The van der Waals surface area contributed by atoms with E-state index in [0.29, 0.717) is 17.5 Å². The Morgan fingerprint density at radius 3 is 2.56 bits per heavy atom. The molecule has 4 rings (SSSR count). The Balaban J connectivity index is 1.60. The number of anilines is 2. The Bertz CT molecular complexity index is 982. The van der Waals surface area contributed by atoms with Crippen molar-refractivity contribution in [1.29, 1.82) is 0 Å². The number of benzene rings is 1. The van der Waals surface area contributed by atoms with Gasteiger partial charge in [-0.1, -0.05) is 37.4 Å². The summed E-state index contributed by atoms with van der Waals surface area (Å²) in [6.07, 6.45) is 6.40. The number of hydrogen-bond donors (Lipinski definition) is 0. The lowest BCUT2D eigenvalue weighted by Gasteiger charge is -2.28. The van der Waals surface area contributed by atoms with Crippen LogP contribution in [0.2, 0.25) is 0 Å². The van der Waals surface area contributed by atoms with Crippen LogP contribution in [0.15, 0.2) is 23.2 Å². The van der Waals surface area contributed by atoms with E-state index in [1.54, 1.807) is 0 Å². The molecule has 3 aliphatic rings. The van der Waals surface area contributed by atoms with E-state index >= 15 is 0 Å². The van der Waals surface area contributed by atoms with E-state index in [1.807, 2.05) is 4.90 Å². The van der Waals surface area contributed by atoms with Gasteiger partial charge in [-0.15, -0.1) is 0 Å². The molecule has 0 bridgehead atoms. The smallest absolute Gasteiger partial charge is 0.248 e. The molecule has 0 aromatic heterocycles. The van der Waals surface area contributed by atoms with Gasteiger partial charge < -0.3 is 9.80 Å². The number of amides is 1. The number of aryl methyl sites for hydroxylation is 1. The van der Waals surface area contributed by atoms with Crippen molar-refractivity contribution in [3.8, 4) is 0 Å². The first-order chi connectivity index (χ1) is 15.3. The average Bonchev–Trinajstić information content (AvgIpc) is 3.43. The van der Waals surface area contributed by atoms with Crippen molar-refractivity contribution in [2.24, 2.45) is 10.9 Å². The summed E-state index contributed by atoms with van der Waals surface area (Å²) in [7, 11) is -3.07. The zero-order valence-electron chi connectivity index (χ0n) is 19.4. The van der Waals surface area contributed by atoms with E-state index in [9.17, 15) is 13.2 Å². The molecule has 0 radical (unpaired) electrons. The van der Waals surface area contributed by atoms with Crippen LogP contribution < -0.4 is 9.80 Å². The lowest BCUT2D eigenvalue weighted by Crippen LogP contribution is -2.38. The molecule has 176 valence electrons. The maximum absolute atomic E-state index is 12.7. The Hall–Kier alpha value is -1.54. The minimum atomic E-state index is -3.07. The molecule has 1 aliphatic carbocycles. The van der Waals surface area contributed by atoms with Gasteiger partial charge in [0.25, 0.3) is 0 Å². The van der Waals surface area contributed by atoms with E-state index < -0.39 is 9.84 Å². The summed E-state index contributed by atoms with van der Waals surface area (Å²) in [4.78, 5) is 21.6. The van der Waals surface area contributed by atoms with Crippen LogP contribution in [0.3, 0.4) is 0 Å². The summed E-state index contributed by atoms with van der Waals surface area (Å²) < 4.78 is 24.7. The maximum atomic E-state index is 12.7. The van der Waals surface area contributed by atoms with E-state index in [1.165, 1.54) is 37.4 Å². The second kappa shape index (κ2) is 9.75. The highest BCUT2D eigenvalue weighted by molar-refractivity contribution is 8.16. The fourth-order valence-electron chi connectivity index (χ4n) is 5.33. The highest BCUT2D eigenvalue weighted by Crippen LogP contribution is 2.42. The second-order valence-corrected chi connectivity index (χ2v) is 12.7. The van der Waals surface area contributed by atoms with Crippen LogP contribution in [0.25, 0.3) is 0 Å². The van der Waals surface area contributed by atoms with Gasteiger partial charge in [0.2, 0.25) is 5.91 Å². The van der Waals surface area contributed by atoms with Gasteiger partial charge in [0.1, 0.15) is 0 Å². The number of aliphatic imine (C=N–C) groups is 1. The highest BCUT2D eigenvalue weighted by atomic mass is 32.2. The quantitative estimate of drug-likeness (QED) is 0.579. The molecule has 0 N–H and O–H groups in total. The molecule has 1 aromatic rings. The molecule has 1 amide bonds. The first-order valence-electron chi connectivity index (χ1n) is 11.9. The van der Waals surface area contributed by atoms with Gasteiger partial charge >= 0.3 is 0 Å². The highest BCUT2D eigenvalue weighted by Gasteiger charge is 2.49. The fourth-order valence-corrected chi connectivity index (χ4v) is 9.25. The number of sulfone groups is 1. The van der Waals surface area contributed by atoms with Gasteiger partial charge in [0.05, 0.1) is 17.5 Å². The molecule has 0 spiro atoms. The standard InChI is InChI=1S/C24H35N3O3S2/c1-4-26(5-2)19-11-12-20(17(3)14-19)27-21-15-32(29,30)16-22(21)31-24(27)25-23(28)13-10-18-8-6-7-9-18/h11-12,14,18,21-22H,4-10,13,15-16H2,1-3H3/t21-,22+/m0/s1. The lowest BCUT2D eigenvalue weighted by molar-refractivity contribution is -0.118. The number of nitrogens with zero attached hydrogens (tertiary/aromatic N) is 3. The lowest BCUT2D eigenvalue weighted by atomic mass is 10.0. The topological polar surface area (TPSA) is 70.0 Å². The van der Waals surface area contributed by atoms with Crippen molar-refractivity contribution in [3.63, 3.8) is 0 Å². The molecule has 32 heavy (non-hydrogen) atoms. The van der Waals surface area contributed by atoms with Crippen LogP contribution in [0.1, 0.15) is 57.9 Å². The van der Waals surface area contributed by atoms with Crippen LogP contribution in [0, 0.1) is 12.8 Å². The Morgan fingerprint density at radius 2 is 1.91 bits per heavy atom. The van der Waals surface area contributed by atoms with Crippen LogP contribution in [0.5, 0.6) is 0 Å². The van der Waals surface area contributed by atoms with Crippen LogP contribution in [-0.4, -0.2) is 55.4 Å². The molecular formula is C24H35N3O3S2. The Labute approximate surface area is 196 Å². The number of thioether (sulfide) groups is 1. The summed E-state index contributed by atoms with van der Waals surface area (Å²) in [5.41, 5.74) is 3.19. The zero-order chi connectivity index (χ0) is 22.9. The minimum Gasteiger partial charge on any atom is -0.372 e. The molecule has 2 heterocycles. The number of carbonyl (C=O) groups excluding carboxylic acids is 1. The summed E-state index contributed by atoms with van der Waals surface area (Å²) >= 11 is 1.47. The molecular weight excluding hydrogens is 442 g/mol. The van der Waals surface area contributed by atoms with Crippen LogP contribution >= 0.6 is 11.8 Å². The normalized spacial score (nSPS) is 26.1. The van der Waals surface area contributed by atoms with E-state index in [2.05, 4.69) is 48.9 Å². The van der Waals surface area contributed by atoms with Gasteiger partial charge in [-0.05, 0) is 56.9 Å². The third-order valence-electron chi connectivity index (χ3n) is 7.10. The molecule has 2 saturated heterocycles.